The topological polar surface area (TPSA) is 75.7 Å². The van der Waals surface area contributed by atoms with E-state index in [9.17, 15) is 23.2 Å². The van der Waals surface area contributed by atoms with Gasteiger partial charge in [-0.3, -0.25) is 19.3 Å². The largest absolute Gasteiger partial charge is 0.435 e. The summed E-state index contributed by atoms with van der Waals surface area (Å²) < 4.78 is 28.6. The molecule has 146 valence electrons. The Balaban J connectivity index is 1.96. The Labute approximate surface area is 159 Å². The zero-order chi connectivity index (χ0) is 20.0. The SMILES string of the molecule is CC[C@@H](C)C(=O)NCCN1C(=O)S/C(=C/c2ccc(OC(F)F)cc2)C1=O. The van der Waals surface area contributed by atoms with Gasteiger partial charge in [0.05, 0.1) is 4.91 Å². The van der Waals surface area contributed by atoms with Crippen molar-refractivity contribution < 1.29 is 27.9 Å². The van der Waals surface area contributed by atoms with Gasteiger partial charge in [0.25, 0.3) is 11.1 Å². The molecule has 9 heteroatoms. The number of alkyl halides is 2. The van der Waals surface area contributed by atoms with E-state index in [4.69, 9.17) is 0 Å². The fourth-order valence-corrected chi connectivity index (χ4v) is 3.11. The van der Waals surface area contributed by atoms with Crippen LogP contribution in [0, 0.1) is 5.92 Å². The summed E-state index contributed by atoms with van der Waals surface area (Å²) in [4.78, 5) is 37.5. The third kappa shape index (κ3) is 5.78. The van der Waals surface area contributed by atoms with E-state index in [0.29, 0.717) is 12.0 Å². The number of rotatable bonds is 8. The fraction of sp³-hybridized carbons (Fsp3) is 0.389. The summed E-state index contributed by atoms with van der Waals surface area (Å²) in [7, 11) is 0. The predicted octanol–water partition coefficient (Wildman–Crippen LogP) is 3.49. The van der Waals surface area contributed by atoms with Crippen LogP contribution in [0.15, 0.2) is 29.2 Å². The highest BCUT2D eigenvalue weighted by Crippen LogP contribution is 2.32. The number of nitrogens with one attached hydrogen (secondary N) is 1. The summed E-state index contributed by atoms with van der Waals surface area (Å²) in [5.41, 5.74) is 0.576. The number of ether oxygens (including phenoxy) is 1. The number of imide groups is 1. The van der Waals surface area contributed by atoms with Gasteiger partial charge >= 0.3 is 6.61 Å². The van der Waals surface area contributed by atoms with E-state index in [1.54, 1.807) is 6.92 Å². The normalized spacial score (nSPS) is 16.9. The van der Waals surface area contributed by atoms with Crippen molar-refractivity contribution in [2.24, 2.45) is 5.92 Å². The minimum Gasteiger partial charge on any atom is -0.435 e. The van der Waals surface area contributed by atoms with Crippen LogP contribution in [0.2, 0.25) is 0 Å². The van der Waals surface area contributed by atoms with Crippen LogP contribution in [0.25, 0.3) is 6.08 Å². The van der Waals surface area contributed by atoms with Crippen molar-refractivity contribution >= 4 is 34.9 Å². The van der Waals surface area contributed by atoms with Crippen molar-refractivity contribution in [3.05, 3.63) is 34.7 Å². The molecule has 1 aromatic carbocycles. The second-order valence-corrected chi connectivity index (χ2v) is 6.87. The van der Waals surface area contributed by atoms with E-state index in [2.05, 4.69) is 10.1 Å². The zero-order valence-corrected chi connectivity index (χ0v) is 15.7. The summed E-state index contributed by atoms with van der Waals surface area (Å²) in [5.74, 6) is -0.689. The van der Waals surface area contributed by atoms with Crippen LogP contribution in [-0.4, -0.2) is 41.7 Å². The number of carbonyl (C=O) groups is 3. The van der Waals surface area contributed by atoms with Gasteiger partial charge in [-0.25, -0.2) is 0 Å². The number of hydrogen-bond donors (Lipinski definition) is 1. The van der Waals surface area contributed by atoms with Crippen LogP contribution in [0.5, 0.6) is 5.75 Å². The van der Waals surface area contributed by atoms with E-state index >= 15 is 0 Å². The molecule has 0 aliphatic carbocycles. The molecule has 1 fully saturated rings. The predicted molar refractivity (Wildman–Crippen MR) is 98.2 cm³/mol. The molecule has 2 rings (SSSR count). The van der Waals surface area contributed by atoms with Crippen LogP contribution in [0.4, 0.5) is 13.6 Å². The molecule has 27 heavy (non-hydrogen) atoms. The Morgan fingerprint density at radius 2 is 1.96 bits per heavy atom. The molecule has 1 aromatic rings. The van der Waals surface area contributed by atoms with E-state index < -0.39 is 17.8 Å². The molecule has 0 bridgehead atoms. The summed E-state index contributed by atoms with van der Waals surface area (Å²) in [6.07, 6.45) is 2.21. The maximum Gasteiger partial charge on any atom is 0.387 e. The van der Waals surface area contributed by atoms with Gasteiger partial charge in [0, 0.05) is 19.0 Å². The molecule has 0 saturated carbocycles. The highest BCUT2D eigenvalue weighted by molar-refractivity contribution is 8.18. The van der Waals surface area contributed by atoms with E-state index in [0.717, 1.165) is 16.7 Å². The van der Waals surface area contributed by atoms with Gasteiger partial charge in [0.2, 0.25) is 5.91 Å². The molecule has 1 N–H and O–H groups in total. The Bertz CT molecular complexity index is 737. The van der Waals surface area contributed by atoms with Gasteiger partial charge in [-0.1, -0.05) is 26.0 Å². The average molecular weight is 398 g/mol. The monoisotopic (exact) mass is 398 g/mol. The quantitative estimate of drug-likeness (QED) is 0.679. The number of benzene rings is 1. The van der Waals surface area contributed by atoms with Crippen molar-refractivity contribution in [2.75, 3.05) is 13.1 Å². The van der Waals surface area contributed by atoms with Gasteiger partial charge < -0.3 is 10.1 Å². The van der Waals surface area contributed by atoms with Gasteiger partial charge in [0.15, 0.2) is 0 Å². The third-order valence-corrected chi connectivity index (χ3v) is 4.88. The van der Waals surface area contributed by atoms with Crippen LogP contribution in [0.3, 0.4) is 0 Å². The summed E-state index contributed by atoms with van der Waals surface area (Å²) >= 11 is 0.796. The Kier molecular flexibility index (Phi) is 7.35. The lowest BCUT2D eigenvalue weighted by atomic mass is 10.1. The zero-order valence-electron chi connectivity index (χ0n) is 14.9. The highest BCUT2D eigenvalue weighted by atomic mass is 32.2. The van der Waals surface area contributed by atoms with Gasteiger partial charge in [-0.05, 0) is 42.0 Å². The minimum atomic E-state index is -2.91. The maximum absolute atomic E-state index is 12.4. The third-order valence-electron chi connectivity index (χ3n) is 3.97. The number of amides is 3. The van der Waals surface area contributed by atoms with E-state index in [-0.39, 0.29) is 35.6 Å². The first-order valence-corrected chi connectivity index (χ1v) is 9.21. The first-order chi connectivity index (χ1) is 12.8. The molecule has 1 aliphatic rings. The van der Waals surface area contributed by atoms with E-state index in [1.807, 2.05) is 6.92 Å². The lowest BCUT2D eigenvalue weighted by molar-refractivity contribution is -0.126. The van der Waals surface area contributed by atoms with Crippen LogP contribution >= 0.6 is 11.8 Å². The molecule has 1 heterocycles. The minimum absolute atomic E-state index is 0.00676. The molecule has 0 aromatic heterocycles. The Morgan fingerprint density at radius 1 is 1.30 bits per heavy atom. The molecule has 6 nitrogen and oxygen atoms in total. The number of halogens is 2. The first-order valence-electron chi connectivity index (χ1n) is 8.39. The van der Waals surface area contributed by atoms with Crippen LogP contribution < -0.4 is 10.1 Å². The number of carbonyl (C=O) groups excluding carboxylic acids is 3. The Hall–Kier alpha value is -2.42. The Morgan fingerprint density at radius 3 is 2.56 bits per heavy atom. The molecule has 0 unspecified atom stereocenters. The van der Waals surface area contributed by atoms with Crippen LogP contribution in [-0.2, 0) is 9.59 Å². The number of thioether (sulfide) groups is 1. The van der Waals surface area contributed by atoms with Crippen molar-refractivity contribution in [3.8, 4) is 5.75 Å². The molecular formula is C18H20F2N2O4S. The van der Waals surface area contributed by atoms with Crippen molar-refractivity contribution in [3.63, 3.8) is 0 Å². The summed E-state index contributed by atoms with van der Waals surface area (Å²) in [5, 5.41) is 2.28. The van der Waals surface area contributed by atoms with Crippen molar-refractivity contribution in [1.29, 1.82) is 0 Å². The molecule has 1 atom stereocenters. The molecule has 3 amide bonds. The van der Waals surface area contributed by atoms with Gasteiger partial charge in [-0.2, -0.15) is 8.78 Å². The second kappa shape index (κ2) is 9.50. The summed E-state index contributed by atoms with van der Waals surface area (Å²) in [6.45, 7) is 1.07. The number of nitrogens with zero attached hydrogens (tertiary/aromatic N) is 1. The molecule has 1 aliphatic heterocycles. The summed E-state index contributed by atoms with van der Waals surface area (Å²) in [6, 6.07) is 5.73. The van der Waals surface area contributed by atoms with Gasteiger partial charge in [-0.15, -0.1) is 0 Å². The lowest BCUT2D eigenvalue weighted by Gasteiger charge is -2.14. The second-order valence-electron chi connectivity index (χ2n) is 5.88. The molecular weight excluding hydrogens is 378 g/mol. The first kappa shape index (κ1) is 20.9. The average Bonchev–Trinajstić information content (AvgIpc) is 2.89. The molecule has 1 saturated heterocycles. The highest BCUT2D eigenvalue weighted by Gasteiger charge is 2.34. The standard InChI is InChI=1S/C18H20F2N2O4S/c1-3-11(2)15(23)21-8-9-22-16(24)14(27-18(22)25)10-12-4-6-13(7-5-12)26-17(19)20/h4-7,10-11,17H,3,8-9H2,1-2H3,(H,21,23)/b14-10+/t11-/m1/s1. The number of hydrogen-bond acceptors (Lipinski definition) is 5. The lowest BCUT2D eigenvalue weighted by Crippen LogP contribution is -2.38. The van der Waals surface area contributed by atoms with Crippen molar-refractivity contribution in [2.45, 2.75) is 26.9 Å². The van der Waals surface area contributed by atoms with Crippen LogP contribution in [0.1, 0.15) is 25.8 Å². The van der Waals surface area contributed by atoms with E-state index in [1.165, 1.54) is 30.3 Å². The molecule has 0 radical (unpaired) electrons. The molecule has 0 spiro atoms. The maximum atomic E-state index is 12.4. The van der Waals surface area contributed by atoms with Crippen molar-refractivity contribution in [1.82, 2.24) is 10.2 Å². The smallest absolute Gasteiger partial charge is 0.387 e. The van der Waals surface area contributed by atoms with Gasteiger partial charge in [0.1, 0.15) is 5.75 Å². The fourth-order valence-electron chi connectivity index (χ4n) is 2.24.